The van der Waals surface area contributed by atoms with Crippen molar-refractivity contribution < 1.29 is 9.72 Å². The summed E-state index contributed by atoms with van der Waals surface area (Å²) >= 11 is 1.24. The highest BCUT2D eigenvalue weighted by molar-refractivity contribution is 8.18. The summed E-state index contributed by atoms with van der Waals surface area (Å²) < 4.78 is 0. The smallest absolute Gasteiger partial charge is 0.293 e. The number of hydrogen-bond acceptors (Lipinski definition) is 6. The van der Waals surface area contributed by atoms with Crippen molar-refractivity contribution in [1.82, 2.24) is 5.32 Å². The molecule has 31 heavy (non-hydrogen) atoms. The Kier molecular flexibility index (Phi) is 6.08. The monoisotopic (exact) mass is 436 g/mol. The van der Waals surface area contributed by atoms with Gasteiger partial charge in [-0.3, -0.25) is 14.9 Å². The highest BCUT2D eigenvalue weighted by atomic mass is 32.2. The van der Waals surface area contributed by atoms with Crippen LogP contribution in [0.4, 0.5) is 17.1 Å². The second-order valence-electron chi connectivity index (χ2n) is 7.80. The zero-order chi connectivity index (χ0) is 22.0. The van der Waals surface area contributed by atoms with E-state index in [1.165, 1.54) is 17.3 Å². The predicted molar refractivity (Wildman–Crippen MR) is 126 cm³/mol. The van der Waals surface area contributed by atoms with E-state index in [-0.39, 0.29) is 16.5 Å². The van der Waals surface area contributed by atoms with Crippen molar-refractivity contribution in [3.8, 4) is 0 Å². The van der Waals surface area contributed by atoms with Crippen LogP contribution in [0.5, 0.6) is 0 Å². The van der Waals surface area contributed by atoms with Crippen LogP contribution in [0.25, 0.3) is 6.08 Å². The molecular weight excluding hydrogens is 412 g/mol. The van der Waals surface area contributed by atoms with Crippen molar-refractivity contribution in [2.24, 2.45) is 4.99 Å². The Morgan fingerprint density at radius 1 is 1.10 bits per heavy atom. The molecule has 2 saturated heterocycles. The first-order valence-electron chi connectivity index (χ1n) is 10.3. The lowest BCUT2D eigenvalue weighted by Crippen LogP contribution is -2.29. The minimum Gasteiger partial charge on any atom is -0.366 e. The van der Waals surface area contributed by atoms with Crippen LogP contribution in [0, 0.1) is 24.0 Å². The molecule has 2 aliphatic heterocycles. The lowest BCUT2D eigenvalue weighted by Gasteiger charge is -2.28. The number of nitro groups is 1. The molecule has 2 heterocycles. The minimum atomic E-state index is -0.347. The number of anilines is 1. The molecule has 7 nitrogen and oxygen atoms in total. The first kappa shape index (κ1) is 21.1. The highest BCUT2D eigenvalue weighted by Gasteiger charge is 2.25. The van der Waals surface area contributed by atoms with Gasteiger partial charge in [-0.2, -0.15) is 0 Å². The van der Waals surface area contributed by atoms with E-state index < -0.39 is 0 Å². The molecule has 2 fully saturated rings. The highest BCUT2D eigenvalue weighted by Crippen LogP contribution is 2.34. The summed E-state index contributed by atoms with van der Waals surface area (Å²) in [5.74, 6) is -0.254. The number of thioether (sulfide) groups is 1. The van der Waals surface area contributed by atoms with Gasteiger partial charge in [0.25, 0.3) is 11.6 Å². The van der Waals surface area contributed by atoms with E-state index in [2.05, 4.69) is 15.2 Å². The fraction of sp³-hybridized carbons (Fsp3) is 0.304. The number of rotatable bonds is 4. The second-order valence-corrected chi connectivity index (χ2v) is 8.83. The van der Waals surface area contributed by atoms with Crippen LogP contribution in [-0.4, -0.2) is 29.1 Å². The number of hydrogen-bond donors (Lipinski definition) is 1. The average molecular weight is 437 g/mol. The number of amidine groups is 1. The summed E-state index contributed by atoms with van der Waals surface area (Å²) in [5, 5.41) is 14.9. The van der Waals surface area contributed by atoms with Gasteiger partial charge < -0.3 is 10.2 Å². The maximum absolute atomic E-state index is 12.4. The van der Waals surface area contributed by atoms with Crippen LogP contribution >= 0.6 is 11.8 Å². The molecule has 0 aromatic heterocycles. The molecule has 160 valence electrons. The first-order valence-corrected chi connectivity index (χ1v) is 11.1. The summed E-state index contributed by atoms with van der Waals surface area (Å²) in [6.07, 6.45) is 4.92. The third kappa shape index (κ3) is 4.80. The predicted octanol–water partition coefficient (Wildman–Crippen LogP) is 5.09. The van der Waals surface area contributed by atoms with Gasteiger partial charge in [-0.1, -0.05) is 12.1 Å². The second kappa shape index (κ2) is 8.93. The zero-order valence-electron chi connectivity index (χ0n) is 17.6. The number of nitro benzene ring substituents is 1. The van der Waals surface area contributed by atoms with E-state index in [0.29, 0.717) is 21.3 Å². The third-order valence-electron chi connectivity index (χ3n) is 5.56. The number of carbonyl (C=O) groups excluding carboxylic acids is 1. The molecule has 2 aromatic carbocycles. The van der Waals surface area contributed by atoms with E-state index in [9.17, 15) is 14.9 Å². The van der Waals surface area contributed by atoms with Gasteiger partial charge >= 0.3 is 0 Å². The standard InChI is InChI=1S/C23H24N4O3S/c1-15-6-8-18(12-16(15)2)24-23-25-22(28)21(31-23)14-17-7-9-19(20(13-17)27(29)30)26-10-4-3-5-11-26/h6-9,12-14H,3-5,10-11H2,1-2H3,(H,24,25,28)/b21-14+. The topological polar surface area (TPSA) is 87.8 Å². The Balaban J connectivity index is 1.58. The van der Waals surface area contributed by atoms with Gasteiger partial charge in [-0.15, -0.1) is 0 Å². The number of piperidine rings is 1. The van der Waals surface area contributed by atoms with Crippen LogP contribution in [0.2, 0.25) is 0 Å². The fourth-order valence-corrected chi connectivity index (χ4v) is 4.56. The first-order chi connectivity index (χ1) is 14.9. The summed E-state index contributed by atoms with van der Waals surface area (Å²) in [4.78, 5) is 30.8. The number of aliphatic imine (C=N–C) groups is 1. The fourth-order valence-electron chi connectivity index (χ4n) is 3.72. The van der Waals surface area contributed by atoms with Gasteiger partial charge in [0, 0.05) is 19.2 Å². The Labute approximate surface area is 185 Å². The molecule has 4 rings (SSSR count). The number of nitrogens with zero attached hydrogens (tertiary/aromatic N) is 3. The molecule has 1 N–H and O–H groups in total. The lowest BCUT2D eigenvalue weighted by atomic mass is 10.1. The molecule has 0 bridgehead atoms. The molecule has 0 saturated carbocycles. The van der Waals surface area contributed by atoms with Crippen LogP contribution in [0.1, 0.15) is 36.0 Å². The van der Waals surface area contributed by atoms with Crippen molar-refractivity contribution in [1.29, 1.82) is 0 Å². The van der Waals surface area contributed by atoms with Crippen molar-refractivity contribution in [2.45, 2.75) is 33.1 Å². The Bertz CT molecular complexity index is 1100. The molecule has 0 unspecified atom stereocenters. The van der Waals surface area contributed by atoms with Crippen molar-refractivity contribution in [3.05, 3.63) is 68.1 Å². The van der Waals surface area contributed by atoms with Gasteiger partial charge in [-0.25, -0.2) is 4.99 Å². The van der Waals surface area contributed by atoms with E-state index in [4.69, 9.17) is 0 Å². The Morgan fingerprint density at radius 2 is 1.87 bits per heavy atom. The maximum atomic E-state index is 12.4. The summed E-state index contributed by atoms with van der Waals surface area (Å²) in [6, 6.07) is 11.0. The van der Waals surface area contributed by atoms with E-state index >= 15 is 0 Å². The number of carbonyl (C=O) groups is 1. The van der Waals surface area contributed by atoms with Gasteiger partial charge in [0.15, 0.2) is 5.17 Å². The number of nitrogens with one attached hydrogen (secondary N) is 1. The molecule has 1 amide bonds. The Hall–Kier alpha value is -3.13. The van der Waals surface area contributed by atoms with E-state index in [1.807, 2.05) is 38.1 Å². The van der Waals surface area contributed by atoms with Crippen molar-refractivity contribution in [2.75, 3.05) is 18.0 Å². The molecule has 0 atom stereocenters. The van der Waals surface area contributed by atoms with Crippen LogP contribution in [-0.2, 0) is 4.79 Å². The number of aryl methyl sites for hydroxylation is 2. The molecule has 0 radical (unpaired) electrons. The normalized spacial score (nSPS) is 19.2. The molecule has 0 spiro atoms. The van der Waals surface area contributed by atoms with Crippen molar-refractivity contribution >= 4 is 46.0 Å². The Morgan fingerprint density at radius 3 is 2.58 bits per heavy atom. The van der Waals surface area contributed by atoms with Crippen molar-refractivity contribution in [3.63, 3.8) is 0 Å². The minimum absolute atomic E-state index is 0.0728. The van der Waals surface area contributed by atoms with E-state index in [1.54, 1.807) is 18.2 Å². The molecule has 2 aromatic rings. The quantitative estimate of drug-likeness (QED) is 0.410. The zero-order valence-corrected chi connectivity index (χ0v) is 18.4. The van der Waals surface area contributed by atoms with Gasteiger partial charge in [0.05, 0.1) is 15.5 Å². The number of amides is 1. The SMILES string of the molecule is Cc1ccc(N=C2NC(=O)/C(=C\c3ccc(N4CCCCC4)c([N+](=O)[O-])c3)S2)cc1C. The summed E-state index contributed by atoms with van der Waals surface area (Å²) in [7, 11) is 0. The van der Waals surface area contributed by atoms with Gasteiger partial charge in [0.1, 0.15) is 5.69 Å². The average Bonchev–Trinajstić information content (AvgIpc) is 3.10. The van der Waals surface area contributed by atoms with Crippen LogP contribution in [0.3, 0.4) is 0 Å². The van der Waals surface area contributed by atoms with Gasteiger partial charge in [0.2, 0.25) is 0 Å². The summed E-state index contributed by atoms with van der Waals surface area (Å²) in [6.45, 7) is 5.72. The number of benzene rings is 2. The maximum Gasteiger partial charge on any atom is 0.293 e. The van der Waals surface area contributed by atoms with Crippen LogP contribution in [0.15, 0.2) is 46.3 Å². The largest absolute Gasteiger partial charge is 0.366 e. The molecule has 8 heteroatoms. The van der Waals surface area contributed by atoms with Gasteiger partial charge in [-0.05, 0) is 85.8 Å². The van der Waals surface area contributed by atoms with Crippen LogP contribution < -0.4 is 10.2 Å². The molecule has 0 aliphatic carbocycles. The van der Waals surface area contributed by atoms with E-state index in [0.717, 1.165) is 43.6 Å². The molecular formula is C23H24N4O3S. The summed E-state index contributed by atoms with van der Waals surface area (Å²) in [5.41, 5.74) is 4.43. The lowest BCUT2D eigenvalue weighted by molar-refractivity contribution is -0.384. The third-order valence-corrected chi connectivity index (χ3v) is 6.47. The molecule has 2 aliphatic rings.